The highest BCUT2D eigenvalue weighted by Crippen LogP contribution is 2.06. The van der Waals surface area contributed by atoms with Gasteiger partial charge in [0.25, 0.3) is 0 Å². The molecule has 5 nitrogen and oxygen atoms in total. The first-order valence-electron chi connectivity index (χ1n) is 5.46. The van der Waals surface area contributed by atoms with Gasteiger partial charge in [0.15, 0.2) is 0 Å². The van der Waals surface area contributed by atoms with Crippen molar-refractivity contribution in [3.63, 3.8) is 0 Å². The van der Waals surface area contributed by atoms with Gasteiger partial charge in [-0.2, -0.15) is 5.10 Å². The zero-order valence-corrected chi connectivity index (χ0v) is 9.64. The minimum atomic E-state index is 0.294. The molecule has 0 fully saturated rings. The molecule has 0 aliphatic heterocycles. The fourth-order valence-corrected chi connectivity index (χ4v) is 1.66. The van der Waals surface area contributed by atoms with Crippen LogP contribution in [0.15, 0.2) is 24.7 Å². The summed E-state index contributed by atoms with van der Waals surface area (Å²) in [6, 6.07) is 2.28. The molecule has 0 aliphatic rings. The van der Waals surface area contributed by atoms with Crippen molar-refractivity contribution in [2.24, 2.45) is 7.05 Å². The molecule has 0 radical (unpaired) electrons. The van der Waals surface area contributed by atoms with Gasteiger partial charge in [-0.05, 0) is 13.0 Å². The molecule has 1 atom stereocenters. The SMILES string of the molecule is CC(NCCc1nccn1C)c1ccn[nH]1. The lowest BCUT2D eigenvalue weighted by Gasteiger charge is -2.11. The predicted octanol–water partition coefficient (Wildman–Crippen LogP) is 1.04. The average Bonchev–Trinajstić information content (AvgIpc) is 2.90. The largest absolute Gasteiger partial charge is 0.338 e. The number of nitrogens with zero attached hydrogens (tertiary/aromatic N) is 3. The third kappa shape index (κ3) is 2.49. The van der Waals surface area contributed by atoms with Gasteiger partial charge in [0, 0.05) is 44.6 Å². The number of aryl methyl sites for hydroxylation is 1. The Morgan fingerprint density at radius 2 is 2.38 bits per heavy atom. The van der Waals surface area contributed by atoms with E-state index < -0.39 is 0 Å². The molecule has 0 saturated carbocycles. The van der Waals surface area contributed by atoms with E-state index in [0.29, 0.717) is 6.04 Å². The molecular weight excluding hydrogens is 202 g/mol. The van der Waals surface area contributed by atoms with Crippen molar-refractivity contribution >= 4 is 0 Å². The van der Waals surface area contributed by atoms with E-state index in [4.69, 9.17) is 0 Å². The average molecular weight is 219 g/mol. The van der Waals surface area contributed by atoms with E-state index >= 15 is 0 Å². The second-order valence-corrected chi connectivity index (χ2v) is 3.89. The fraction of sp³-hybridized carbons (Fsp3) is 0.455. The third-order valence-electron chi connectivity index (χ3n) is 2.71. The van der Waals surface area contributed by atoms with Gasteiger partial charge in [0.1, 0.15) is 5.82 Å². The first-order valence-corrected chi connectivity index (χ1v) is 5.46. The summed E-state index contributed by atoms with van der Waals surface area (Å²) in [7, 11) is 2.01. The van der Waals surface area contributed by atoms with Crippen molar-refractivity contribution in [1.29, 1.82) is 0 Å². The second-order valence-electron chi connectivity index (χ2n) is 3.89. The van der Waals surface area contributed by atoms with E-state index in [0.717, 1.165) is 24.5 Å². The fourth-order valence-electron chi connectivity index (χ4n) is 1.66. The van der Waals surface area contributed by atoms with E-state index in [-0.39, 0.29) is 0 Å². The van der Waals surface area contributed by atoms with Gasteiger partial charge < -0.3 is 9.88 Å². The molecule has 2 heterocycles. The highest BCUT2D eigenvalue weighted by atomic mass is 15.1. The smallest absolute Gasteiger partial charge is 0.109 e. The van der Waals surface area contributed by atoms with Gasteiger partial charge in [-0.25, -0.2) is 4.98 Å². The topological polar surface area (TPSA) is 58.5 Å². The maximum atomic E-state index is 4.28. The Bertz CT molecular complexity index is 417. The Kier molecular flexibility index (Phi) is 3.36. The Morgan fingerprint density at radius 1 is 1.50 bits per heavy atom. The summed E-state index contributed by atoms with van der Waals surface area (Å²) in [5.74, 6) is 1.10. The van der Waals surface area contributed by atoms with Crippen molar-refractivity contribution < 1.29 is 0 Å². The third-order valence-corrected chi connectivity index (χ3v) is 2.71. The molecule has 0 spiro atoms. The van der Waals surface area contributed by atoms with E-state index in [2.05, 4.69) is 27.4 Å². The summed E-state index contributed by atoms with van der Waals surface area (Å²) < 4.78 is 2.04. The number of hydrogen-bond donors (Lipinski definition) is 2. The standard InChI is InChI=1S/C11H17N5/c1-9(10-3-6-14-15-10)12-5-4-11-13-7-8-16(11)2/h3,6-9,12H,4-5H2,1-2H3,(H,14,15). The van der Waals surface area contributed by atoms with Crippen LogP contribution >= 0.6 is 0 Å². The zero-order chi connectivity index (χ0) is 11.4. The van der Waals surface area contributed by atoms with Crippen LogP contribution in [0, 0.1) is 0 Å². The summed E-state index contributed by atoms with van der Waals surface area (Å²) in [4.78, 5) is 4.28. The second kappa shape index (κ2) is 4.94. The molecule has 0 saturated heterocycles. The van der Waals surface area contributed by atoms with E-state index in [1.54, 1.807) is 6.20 Å². The van der Waals surface area contributed by atoms with Crippen LogP contribution in [0.1, 0.15) is 24.5 Å². The molecule has 2 rings (SSSR count). The molecule has 5 heteroatoms. The highest BCUT2D eigenvalue weighted by Gasteiger charge is 2.06. The first kappa shape index (κ1) is 10.9. The summed E-state index contributed by atoms with van der Waals surface area (Å²) in [5, 5.41) is 10.3. The van der Waals surface area contributed by atoms with Crippen LogP contribution in [0.4, 0.5) is 0 Å². The number of H-pyrrole nitrogens is 1. The number of rotatable bonds is 5. The molecular formula is C11H17N5. The molecule has 16 heavy (non-hydrogen) atoms. The van der Waals surface area contributed by atoms with Crippen molar-refractivity contribution in [2.75, 3.05) is 6.54 Å². The lowest BCUT2D eigenvalue weighted by atomic mass is 10.2. The van der Waals surface area contributed by atoms with Crippen molar-refractivity contribution in [1.82, 2.24) is 25.1 Å². The van der Waals surface area contributed by atoms with Crippen LogP contribution in [-0.4, -0.2) is 26.3 Å². The van der Waals surface area contributed by atoms with Crippen molar-refractivity contribution in [3.05, 3.63) is 36.2 Å². The van der Waals surface area contributed by atoms with E-state index in [9.17, 15) is 0 Å². The molecule has 86 valence electrons. The molecule has 2 aromatic heterocycles. The van der Waals surface area contributed by atoms with Gasteiger partial charge >= 0.3 is 0 Å². The van der Waals surface area contributed by atoms with Gasteiger partial charge in [-0.1, -0.05) is 0 Å². The Labute approximate surface area is 94.9 Å². The minimum Gasteiger partial charge on any atom is -0.338 e. The number of imidazole rings is 1. The highest BCUT2D eigenvalue weighted by molar-refractivity contribution is 5.03. The molecule has 2 N–H and O–H groups in total. The van der Waals surface area contributed by atoms with Gasteiger partial charge in [0.2, 0.25) is 0 Å². The van der Waals surface area contributed by atoms with Gasteiger partial charge in [-0.3, -0.25) is 5.10 Å². The summed E-state index contributed by atoms with van der Waals surface area (Å²) >= 11 is 0. The molecule has 2 aromatic rings. The van der Waals surface area contributed by atoms with Crippen LogP contribution in [0.25, 0.3) is 0 Å². The molecule has 0 bridgehead atoms. The number of aromatic amines is 1. The maximum absolute atomic E-state index is 4.28. The molecule has 0 aromatic carbocycles. The Hall–Kier alpha value is -1.62. The van der Waals surface area contributed by atoms with Crippen LogP contribution in [0.2, 0.25) is 0 Å². The normalized spacial score (nSPS) is 12.9. The summed E-state index contributed by atoms with van der Waals surface area (Å²) in [6.45, 7) is 3.02. The molecule has 1 unspecified atom stereocenters. The van der Waals surface area contributed by atoms with Crippen LogP contribution < -0.4 is 5.32 Å². The lowest BCUT2D eigenvalue weighted by molar-refractivity contribution is 0.552. The summed E-state index contributed by atoms with van der Waals surface area (Å²) in [6.07, 6.45) is 6.50. The van der Waals surface area contributed by atoms with Crippen LogP contribution in [-0.2, 0) is 13.5 Å². The number of hydrogen-bond acceptors (Lipinski definition) is 3. The lowest BCUT2D eigenvalue weighted by Crippen LogP contribution is -2.22. The quantitative estimate of drug-likeness (QED) is 0.790. The predicted molar refractivity (Wildman–Crippen MR) is 61.9 cm³/mol. The maximum Gasteiger partial charge on any atom is 0.109 e. The number of nitrogens with one attached hydrogen (secondary N) is 2. The first-order chi connectivity index (χ1) is 7.77. The number of aromatic nitrogens is 4. The van der Waals surface area contributed by atoms with Gasteiger partial charge in [-0.15, -0.1) is 0 Å². The zero-order valence-electron chi connectivity index (χ0n) is 9.64. The van der Waals surface area contributed by atoms with Gasteiger partial charge in [0.05, 0.1) is 5.69 Å². The van der Waals surface area contributed by atoms with E-state index in [1.165, 1.54) is 0 Å². The van der Waals surface area contributed by atoms with Crippen LogP contribution in [0.3, 0.4) is 0 Å². The molecule has 0 amide bonds. The Balaban J connectivity index is 1.78. The summed E-state index contributed by atoms with van der Waals surface area (Å²) in [5.41, 5.74) is 1.11. The van der Waals surface area contributed by atoms with Crippen molar-refractivity contribution in [3.8, 4) is 0 Å². The molecule has 0 aliphatic carbocycles. The monoisotopic (exact) mass is 219 g/mol. The van der Waals surface area contributed by atoms with Crippen molar-refractivity contribution in [2.45, 2.75) is 19.4 Å². The minimum absolute atomic E-state index is 0.294. The van der Waals surface area contributed by atoms with Crippen LogP contribution in [0.5, 0.6) is 0 Å². The Morgan fingerprint density at radius 3 is 3.00 bits per heavy atom. The van der Waals surface area contributed by atoms with E-state index in [1.807, 2.05) is 30.1 Å².